The van der Waals surface area contributed by atoms with Crippen molar-refractivity contribution in [2.45, 2.75) is 89.3 Å². The highest BCUT2D eigenvalue weighted by Gasteiger charge is 2.31. The molecule has 2 atom stereocenters. The molecule has 1 saturated carbocycles. The lowest BCUT2D eigenvalue weighted by Gasteiger charge is -2.36. The number of nitrogens with one attached hydrogen (secondary N) is 2. The Kier molecular flexibility index (Phi) is 6.31. The van der Waals surface area contributed by atoms with Crippen LogP contribution in [0.15, 0.2) is 0 Å². The van der Waals surface area contributed by atoms with E-state index in [9.17, 15) is 5.11 Å². The fraction of sp³-hybridized carbons (Fsp3) is 1.00. The minimum Gasteiger partial charge on any atom is -0.389 e. The van der Waals surface area contributed by atoms with Crippen molar-refractivity contribution in [2.75, 3.05) is 13.1 Å². The van der Waals surface area contributed by atoms with Crippen LogP contribution in [0, 0.1) is 5.92 Å². The summed E-state index contributed by atoms with van der Waals surface area (Å²) >= 11 is 0. The Bertz CT molecular complexity index is 266. The smallest absolute Gasteiger partial charge is 0.0771 e. The predicted molar refractivity (Wildman–Crippen MR) is 84.9 cm³/mol. The topological polar surface area (TPSA) is 44.3 Å². The SMILES string of the molecule is CC1CCC(O)(CNC(C)CC2CCCCCN2)CC1. The molecule has 1 saturated heterocycles. The molecule has 3 heteroatoms. The zero-order valence-electron chi connectivity index (χ0n) is 13.5. The first kappa shape index (κ1) is 16.3. The molecule has 2 fully saturated rings. The third-order valence-electron chi connectivity index (χ3n) is 5.29. The number of aliphatic hydroxyl groups is 1. The highest BCUT2D eigenvalue weighted by Crippen LogP contribution is 2.31. The van der Waals surface area contributed by atoms with Crippen LogP contribution >= 0.6 is 0 Å². The molecule has 1 heterocycles. The van der Waals surface area contributed by atoms with E-state index in [2.05, 4.69) is 24.5 Å². The fourth-order valence-electron chi connectivity index (χ4n) is 3.65. The molecule has 0 aromatic rings. The summed E-state index contributed by atoms with van der Waals surface area (Å²) in [6.45, 7) is 6.52. The second-order valence-electron chi connectivity index (χ2n) is 7.42. The molecule has 0 aromatic heterocycles. The third kappa shape index (κ3) is 5.34. The fourth-order valence-corrected chi connectivity index (χ4v) is 3.65. The third-order valence-corrected chi connectivity index (χ3v) is 5.29. The van der Waals surface area contributed by atoms with Crippen molar-refractivity contribution in [3.63, 3.8) is 0 Å². The van der Waals surface area contributed by atoms with E-state index in [0.29, 0.717) is 12.1 Å². The summed E-state index contributed by atoms with van der Waals surface area (Å²) in [4.78, 5) is 0. The summed E-state index contributed by atoms with van der Waals surface area (Å²) in [5, 5.41) is 17.9. The van der Waals surface area contributed by atoms with E-state index in [1.165, 1.54) is 51.5 Å². The van der Waals surface area contributed by atoms with Crippen LogP contribution in [0.3, 0.4) is 0 Å². The summed E-state index contributed by atoms with van der Waals surface area (Å²) in [5.74, 6) is 0.794. The Morgan fingerprint density at radius 2 is 1.95 bits per heavy atom. The molecule has 0 spiro atoms. The lowest BCUT2D eigenvalue weighted by Crippen LogP contribution is -2.47. The zero-order valence-corrected chi connectivity index (χ0v) is 13.5. The zero-order chi connectivity index (χ0) is 14.4. The number of hydrogen-bond donors (Lipinski definition) is 3. The van der Waals surface area contributed by atoms with Crippen LogP contribution in [0.1, 0.15) is 71.6 Å². The van der Waals surface area contributed by atoms with Gasteiger partial charge in [-0.15, -0.1) is 0 Å². The first-order valence-corrected chi connectivity index (χ1v) is 8.76. The molecule has 1 aliphatic carbocycles. The second kappa shape index (κ2) is 7.77. The van der Waals surface area contributed by atoms with Gasteiger partial charge in [-0.3, -0.25) is 0 Å². The minimum absolute atomic E-state index is 0.447. The van der Waals surface area contributed by atoms with Crippen molar-refractivity contribution in [3.05, 3.63) is 0 Å². The van der Waals surface area contributed by atoms with E-state index in [1.807, 2.05) is 0 Å². The summed E-state index contributed by atoms with van der Waals surface area (Å²) in [7, 11) is 0. The van der Waals surface area contributed by atoms with Gasteiger partial charge in [0.2, 0.25) is 0 Å². The molecule has 0 amide bonds. The van der Waals surface area contributed by atoms with Gasteiger partial charge in [0.25, 0.3) is 0 Å². The summed E-state index contributed by atoms with van der Waals surface area (Å²) in [6.07, 6.45) is 10.9. The largest absolute Gasteiger partial charge is 0.389 e. The Morgan fingerprint density at radius 1 is 1.20 bits per heavy atom. The summed E-state index contributed by atoms with van der Waals surface area (Å²) in [5.41, 5.74) is -0.447. The molecular formula is C17H34N2O. The van der Waals surface area contributed by atoms with Crippen molar-refractivity contribution >= 4 is 0 Å². The van der Waals surface area contributed by atoms with Crippen molar-refractivity contribution in [1.29, 1.82) is 0 Å². The van der Waals surface area contributed by atoms with E-state index in [0.717, 1.165) is 25.3 Å². The van der Waals surface area contributed by atoms with Gasteiger partial charge in [-0.2, -0.15) is 0 Å². The van der Waals surface area contributed by atoms with Gasteiger partial charge < -0.3 is 15.7 Å². The average Bonchev–Trinajstić information content (AvgIpc) is 2.69. The first-order chi connectivity index (χ1) is 9.57. The predicted octanol–water partition coefficient (Wildman–Crippen LogP) is 2.83. The van der Waals surface area contributed by atoms with E-state index < -0.39 is 5.60 Å². The molecule has 0 aromatic carbocycles. The van der Waals surface area contributed by atoms with E-state index in [4.69, 9.17) is 0 Å². The normalized spacial score (nSPS) is 37.4. The van der Waals surface area contributed by atoms with Crippen molar-refractivity contribution in [2.24, 2.45) is 5.92 Å². The lowest BCUT2D eigenvalue weighted by molar-refractivity contribution is -0.00816. The summed E-state index contributed by atoms with van der Waals surface area (Å²) < 4.78 is 0. The van der Waals surface area contributed by atoms with Crippen molar-refractivity contribution in [3.8, 4) is 0 Å². The maximum Gasteiger partial charge on any atom is 0.0771 e. The van der Waals surface area contributed by atoms with Gasteiger partial charge in [-0.25, -0.2) is 0 Å². The van der Waals surface area contributed by atoms with E-state index in [1.54, 1.807) is 0 Å². The molecule has 1 aliphatic heterocycles. The number of hydrogen-bond acceptors (Lipinski definition) is 3. The van der Waals surface area contributed by atoms with E-state index >= 15 is 0 Å². The Labute approximate surface area is 124 Å². The van der Waals surface area contributed by atoms with E-state index in [-0.39, 0.29) is 0 Å². The summed E-state index contributed by atoms with van der Waals surface area (Å²) in [6, 6.07) is 1.16. The molecule has 3 nitrogen and oxygen atoms in total. The minimum atomic E-state index is -0.447. The van der Waals surface area contributed by atoms with Crippen LogP contribution in [0.4, 0.5) is 0 Å². The van der Waals surface area contributed by atoms with Crippen LogP contribution in [-0.4, -0.2) is 35.9 Å². The second-order valence-corrected chi connectivity index (χ2v) is 7.42. The van der Waals surface area contributed by atoms with Gasteiger partial charge in [0.15, 0.2) is 0 Å². The van der Waals surface area contributed by atoms with Crippen molar-refractivity contribution < 1.29 is 5.11 Å². The molecule has 2 aliphatic rings. The van der Waals surface area contributed by atoms with Crippen LogP contribution < -0.4 is 10.6 Å². The number of rotatable bonds is 5. The maximum absolute atomic E-state index is 10.6. The Hall–Kier alpha value is -0.120. The van der Waals surface area contributed by atoms with Gasteiger partial charge in [0.05, 0.1) is 5.60 Å². The Balaban J connectivity index is 1.67. The van der Waals surface area contributed by atoms with Crippen LogP contribution in [0.2, 0.25) is 0 Å². The van der Waals surface area contributed by atoms with Gasteiger partial charge in [0.1, 0.15) is 0 Å². The molecule has 2 unspecified atom stereocenters. The molecule has 118 valence electrons. The molecule has 0 radical (unpaired) electrons. The van der Waals surface area contributed by atoms with Crippen molar-refractivity contribution in [1.82, 2.24) is 10.6 Å². The van der Waals surface area contributed by atoms with Gasteiger partial charge in [-0.05, 0) is 64.3 Å². The van der Waals surface area contributed by atoms with Gasteiger partial charge in [0, 0.05) is 18.6 Å². The highest BCUT2D eigenvalue weighted by atomic mass is 16.3. The van der Waals surface area contributed by atoms with Crippen LogP contribution in [0.25, 0.3) is 0 Å². The quantitative estimate of drug-likeness (QED) is 0.726. The molecule has 0 bridgehead atoms. The molecule has 2 rings (SSSR count). The monoisotopic (exact) mass is 282 g/mol. The standard InChI is InChI=1S/C17H34N2O/c1-14-7-9-17(20,10-8-14)13-19-15(2)12-16-6-4-3-5-11-18-16/h14-16,18-20H,3-13H2,1-2H3. The lowest BCUT2D eigenvalue weighted by atomic mass is 9.79. The molecule has 3 N–H and O–H groups in total. The molecule has 20 heavy (non-hydrogen) atoms. The van der Waals surface area contributed by atoms with Gasteiger partial charge >= 0.3 is 0 Å². The maximum atomic E-state index is 10.6. The van der Waals surface area contributed by atoms with Crippen LogP contribution in [-0.2, 0) is 0 Å². The van der Waals surface area contributed by atoms with Gasteiger partial charge in [-0.1, -0.05) is 19.8 Å². The first-order valence-electron chi connectivity index (χ1n) is 8.76. The Morgan fingerprint density at radius 3 is 2.70 bits per heavy atom. The van der Waals surface area contributed by atoms with Crippen LogP contribution in [0.5, 0.6) is 0 Å². The average molecular weight is 282 g/mol. The highest BCUT2D eigenvalue weighted by molar-refractivity contribution is 4.87. The molecular weight excluding hydrogens is 248 g/mol.